The average Bonchev–Trinajstić information content (AvgIpc) is 3.43. The van der Waals surface area contributed by atoms with Crippen molar-refractivity contribution in [3.8, 4) is 22.8 Å². The molecule has 156 valence electrons. The lowest BCUT2D eigenvalue weighted by atomic mass is 10.1. The Morgan fingerprint density at radius 3 is 2.67 bits per heavy atom. The highest BCUT2D eigenvalue weighted by atomic mass is 19.3. The number of nitrogens with zero attached hydrogens (tertiary/aromatic N) is 6. The lowest BCUT2D eigenvalue weighted by Gasteiger charge is -2.06. The van der Waals surface area contributed by atoms with Crippen molar-refractivity contribution >= 4 is 0 Å². The van der Waals surface area contributed by atoms with Crippen molar-refractivity contribution in [2.24, 2.45) is 0 Å². The Hall–Kier alpha value is -3.47. The van der Waals surface area contributed by atoms with Crippen LogP contribution in [-0.4, -0.2) is 49.2 Å². The fourth-order valence-electron chi connectivity index (χ4n) is 2.94. The van der Waals surface area contributed by atoms with Crippen molar-refractivity contribution in [3.05, 3.63) is 59.5 Å². The number of halogens is 3. The SMILES string of the molecule is CN(C)Cc1ccc(-c2cn(Cc3ccc(-c4nnc(C(F)F)o4)cc3F)nn2)[nH]1. The van der Waals surface area contributed by atoms with Gasteiger partial charge in [-0.05, 0) is 38.4 Å². The fraction of sp³-hybridized carbons (Fsp3) is 0.263. The molecule has 8 nitrogen and oxygen atoms in total. The number of alkyl halides is 2. The molecular formula is C19H18F3N7O. The zero-order valence-corrected chi connectivity index (χ0v) is 16.2. The molecule has 0 saturated heterocycles. The van der Waals surface area contributed by atoms with Crippen LogP contribution in [0, 0.1) is 5.82 Å². The van der Waals surface area contributed by atoms with Crippen LogP contribution >= 0.6 is 0 Å². The minimum Gasteiger partial charge on any atom is -0.415 e. The van der Waals surface area contributed by atoms with Crippen molar-refractivity contribution in [3.63, 3.8) is 0 Å². The number of rotatable bonds is 7. The molecule has 11 heteroatoms. The predicted molar refractivity (Wildman–Crippen MR) is 101 cm³/mol. The van der Waals surface area contributed by atoms with E-state index in [4.69, 9.17) is 4.42 Å². The van der Waals surface area contributed by atoms with E-state index in [0.29, 0.717) is 11.3 Å². The van der Waals surface area contributed by atoms with Crippen LogP contribution in [0.3, 0.4) is 0 Å². The summed E-state index contributed by atoms with van der Waals surface area (Å²) in [6.45, 7) is 0.918. The maximum Gasteiger partial charge on any atom is 0.314 e. The van der Waals surface area contributed by atoms with Gasteiger partial charge in [0, 0.05) is 23.4 Å². The third-order valence-corrected chi connectivity index (χ3v) is 4.31. The topological polar surface area (TPSA) is 88.7 Å². The lowest BCUT2D eigenvalue weighted by Crippen LogP contribution is -2.10. The van der Waals surface area contributed by atoms with Crippen molar-refractivity contribution in [1.82, 2.24) is 35.1 Å². The molecule has 4 aromatic rings. The Kier molecular flexibility index (Phi) is 5.36. The van der Waals surface area contributed by atoms with Gasteiger partial charge in [-0.2, -0.15) is 8.78 Å². The zero-order chi connectivity index (χ0) is 21.3. The monoisotopic (exact) mass is 417 g/mol. The summed E-state index contributed by atoms with van der Waals surface area (Å²) in [6, 6.07) is 8.10. The average molecular weight is 417 g/mol. The van der Waals surface area contributed by atoms with E-state index in [9.17, 15) is 13.2 Å². The maximum atomic E-state index is 14.5. The summed E-state index contributed by atoms with van der Waals surface area (Å²) >= 11 is 0. The van der Waals surface area contributed by atoms with Crippen LogP contribution in [0.2, 0.25) is 0 Å². The summed E-state index contributed by atoms with van der Waals surface area (Å²) in [7, 11) is 3.96. The van der Waals surface area contributed by atoms with Gasteiger partial charge >= 0.3 is 6.43 Å². The zero-order valence-electron chi connectivity index (χ0n) is 16.2. The molecule has 4 rings (SSSR count). The van der Waals surface area contributed by atoms with Crippen LogP contribution in [0.4, 0.5) is 13.2 Å². The summed E-state index contributed by atoms with van der Waals surface area (Å²) in [4.78, 5) is 5.32. The normalized spacial score (nSPS) is 11.7. The minimum absolute atomic E-state index is 0.149. The predicted octanol–water partition coefficient (Wildman–Crippen LogP) is 3.51. The molecule has 3 heterocycles. The molecular weight excluding hydrogens is 399 g/mol. The number of hydrogen-bond donors (Lipinski definition) is 1. The Bertz CT molecular complexity index is 1150. The highest BCUT2D eigenvalue weighted by molar-refractivity contribution is 5.54. The molecule has 0 aliphatic carbocycles. The van der Waals surface area contributed by atoms with Crippen LogP contribution in [0.5, 0.6) is 0 Å². The van der Waals surface area contributed by atoms with Gasteiger partial charge in [0.05, 0.1) is 18.4 Å². The maximum absolute atomic E-state index is 14.5. The molecule has 0 fully saturated rings. The van der Waals surface area contributed by atoms with E-state index in [1.807, 2.05) is 31.1 Å². The van der Waals surface area contributed by atoms with Gasteiger partial charge in [0.2, 0.25) is 5.89 Å². The van der Waals surface area contributed by atoms with Crippen LogP contribution in [0.15, 0.2) is 40.9 Å². The lowest BCUT2D eigenvalue weighted by molar-refractivity contribution is 0.116. The van der Waals surface area contributed by atoms with Crippen molar-refractivity contribution in [2.75, 3.05) is 14.1 Å². The smallest absolute Gasteiger partial charge is 0.314 e. The van der Waals surface area contributed by atoms with Crippen LogP contribution in [0.25, 0.3) is 22.8 Å². The molecule has 0 amide bonds. The summed E-state index contributed by atoms with van der Waals surface area (Å²) in [6.07, 6.45) is -1.17. The van der Waals surface area contributed by atoms with Gasteiger partial charge in [-0.1, -0.05) is 11.3 Å². The van der Waals surface area contributed by atoms with E-state index in [0.717, 1.165) is 24.0 Å². The summed E-state index contributed by atoms with van der Waals surface area (Å²) in [5, 5.41) is 14.9. The molecule has 0 unspecified atom stereocenters. The molecule has 0 bridgehead atoms. The molecule has 0 atom stereocenters. The van der Waals surface area contributed by atoms with E-state index in [1.165, 1.54) is 16.8 Å². The van der Waals surface area contributed by atoms with Gasteiger partial charge in [0.1, 0.15) is 11.5 Å². The number of nitrogens with one attached hydrogen (secondary N) is 1. The van der Waals surface area contributed by atoms with Gasteiger partial charge < -0.3 is 14.3 Å². The largest absolute Gasteiger partial charge is 0.415 e. The molecule has 3 aromatic heterocycles. The molecule has 0 spiro atoms. The van der Waals surface area contributed by atoms with Gasteiger partial charge in [-0.25, -0.2) is 9.07 Å². The van der Waals surface area contributed by atoms with Crippen molar-refractivity contribution < 1.29 is 17.6 Å². The first-order valence-corrected chi connectivity index (χ1v) is 9.02. The molecule has 0 aliphatic rings. The molecule has 0 aliphatic heterocycles. The van der Waals surface area contributed by atoms with Crippen LogP contribution < -0.4 is 0 Å². The second-order valence-corrected chi connectivity index (χ2v) is 6.99. The summed E-state index contributed by atoms with van der Waals surface area (Å²) in [5.74, 6) is -1.52. The van der Waals surface area contributed by atoms with Gasteiger partial charge in [0.25, 0.3) is 5.89 Å². The number of H-pyrrole nitrogens is 1. The number of benzene rings is 1. The third kappa shape index (κ3) is 4.25. The van der Waals surface area contributed by atoms with E-state index in [1.54, 1.807) is 6.20 Å². The molecule has 1 N–H and O–H groups in total. The van der Waals surface area contributed by atoms with Crippen molar-refractivity contribution in [1.29, 1.82) is 0 Å². The van der Waals surface area contributed by atoms with E-state index < -0.39 is 18.1 Å². The highest BCUT2D eigenvalue weighted by Crippen LogP contribution is 2.25. The summed E-state index contributed by atoms with van der Waals surface area (Å²) < 4.78 is 46.0. The Morgan fingerprint density at radius 1 is 1.13 bits per heavy atom. The van der Waals surface area contributed by atoms with E-state index >= 15 is 0 Å². The molecule has 1 aromatic carbocycles. The van der Waals surface area contributed by atoms with Gasteiger partial charge in [-0.3, -0.25) is 0 Å². The van der Waals surface area contributed by atoms with Gasteiger partial charge in [-0.15, -0.1) is 15.3 Å². The Balaban J connectivity index is 1.49. The number of aromatic amines is 1. The van der Waals surface area contributed by atoms with E-state index in [2.05, 4.69) is 25.5 Å². The van der Waals surface area contributed by atoms with Gasteiger partial charge in [0.15, 0.2) is 0 Å². The molecule has 30 heavy (non-hydrogen) atoms. The Morgan fingerprint density at radius 2 is 1.97 bits per heavy atom. The highest BCUT2D eigenvalue weighted by Gasteiger charge is 2.18. The standard InChI is InChI=1S/C19H18F3N7O/c1-28(2)9-13-5-6-15(23-13)16-10-29(27-24-16)8-12-4-3-11(7-14(12)20)18-25-26-19(30-18)17(21)22/h3-7,10,17,23H,8-9H2,1-2H3. The van der Waals surface area contributed by atoms with Crippen molar-refractivity contribution in [2.45, 2.75) is 19.5 Å². The third-order valence-electron chi connectivity index (χ3n) is 4.31. The van der Waals surface area contributed by atoms with Crippen LogP contribution in [-0.2, 0) is 13.1 Å². The first kappa shape index (κ1) is 19.8. The number of aromatic nitrogens is 6. The number of hydrogen-bond acceptors (Lipinski definition) is 6. The molecule has 0 radical (unpaired) electrons. The molecule has 0 saturated carbocycles. The first-order valence-electron chi connectivity index (χ1n) is 9.02. The van der Waals surface area contributed by atoms with Crippen LogP contribution in [0.1, 0.15) is 23.6 Å². The second-order valence-electron chi connectivity index (χ2n) is 6.99. The fourth-order valence-corrected chi connectivity index (χ4v) is 2.94. The van der Waals surface area contributed by atoms with E-state index in [-0.39, 0.29) is 18.0 Å². The Labute approximate surface area is 169 Å². The quantitative estimate of drug-likeness (QED) is 0.495. The minimum atomic E-state index is -2.88. The first-order chi connectivity index (χ1) is 14.4. The summed E-state index contributed by atoms with van der Waals surface area (Å²) in [5.41, 5.74) is 3.07. The second kappa shape index (κ2) is 8.11.